The van der Waals surface area contributed by atoms with Gasteiger partial charge >= 0.3 is 0 Å². The van der Waals surface area contributed by atoms with Gasteiger partial charge in [-0.15, -0.1) is 0 Å². The first kappa shape index (κ1) is 30.2. The summed E-state index contributed by atoms with van der Waals surface area (Å²) in [6.07, 6.45) is 1.01. The standard InChI is InChI=1S/C32H34ClN3O4S/c1-3-19-34-32(38)30(20-24-9-5-4-6-10-24)36(22-25-13-16-28(33)17-14-25)31(37)23-35(2)41(39,40)29-18-15-26-11-7-8-12-27(26)21-29/h4-18,21,30H,3,19-20,22-23H2,1-2H3,(H,34,38). The van der Waals surface area contributed by atoms with E-state index in [-0.39, 0.29) is 23.8 Å². The van der Waals surface area contributed by atoms with E-state index in [4.69, 9.17) is 11.6 Å². The molecule has 0 aliphatic rings. The maximum atomic E-state index is 13.9. The molecule has 1 unspecified atom stereocenters. The highest BCUT2D eigenvalue weighted by molar-refractivity contribution is 7.89. The molecule has 9 heteroatoms. The van der Waals surface area contributed by atoms with Crippen LogP contribution in [-0.4, -0.2) is 55.6 Å². The molecular formula is C32H34ClN3O4S. The van der Waals surface area contributed by atoms with E-state index < -0.39 is 28.5 Å². The Morgan fingerprint density at radius 3 is 2.20 bits per heavy atom. The van der Waals surface area contributed by atoms with Gasteiger partial charge in [-0.2, -0.15) is 4.31 Å². The van der Waals surface area contributed by atoms with Gasteiger partial charge in [0.25, 0.3) is 0 Å². The Morgan fingerprint density at radius 1 is 0.854 bits per heavy atom. The number of nitrogens with one attached hydrogen (secondary N) is 1. The van der Waals surface area contributed by atoms with Gasteiger partial charge in [0.15, 0.2) is 0 Å². The normalized spacial score (nSPS) is 12.3. The third-order valence-corrected chi connectivity index (χ3v) is 8.92. The van der Waals surface area contributed by atoms with E-state index in [0.29, 0.717) is 11.6 Å². The minimum atomic E-state index is -3.99. The molecule has 0 saturated carbocycles. The Labute approximate surface area is 246 Å². The van der Waals surface area contributed by atoms with Crippen LogP contribution >= 0.6 is 11.6 Å². The molecule has 0 spiro atoms. The topological polar surface area (TPSA) is 86.8 Å². The summed E-state index contributed by atoms with van der Waals surface area (Å²) in [4.78, 5) is 29.0. The van der Waals surface area contributed by atoms with Gasteiger partial charge in [-0.05, 0) is 52.6 Å². The van der Waals surface area contributed by atoms with Crippen molar-refractivity contribution in [1.82, 2.24) is 14.5 Å². The number of carbonyl (C=O) groups is 2. The fourth-order valence-corrected chi connectivity index (χ4v) is 5.86. The van der Waals surface area contributed by atoms with E-state index in [2.05, 4.69) is 5.32 Å². The number of likely N-dealkylation sites (N-methyl/N-ethyl adjacent to an activating group) is 1. The van der Waals surface area contributed by atoms with E-state index >= 15 is 0 Å². The summed E-state index contributed by atoms with van der Waals surface area (Å²) in [5, 5.41) is 5.18. The lowest BCUT2D eigenvalue weighted by molar-refractivity contribution is -0.141. The molecule has 4 rings (SSSR count). The Hall–Kier alpha value is -3.72. The van der Waals surface area contributed by atoms with Crippen LogP contribution in [0.15, 0.2) is 102 Å². The third-order valence-electron chi connectivity index (χ3n) is 6.87. The Kier molecular flexibility index (Phi) is 10.2. The van der Waals surface area contributed by atoms with Crippen LogP contribution in [-0.2, 0) is 32.6 Å². The SMILES string of the molecule is CCCNC(=O)C(Cc1ccccc1)N(Cc1ccc(Cl)cc1)C(=O)CN(C)S(=O)(=O)c1ccc2ccccc2c1. The van der Waals surface area contributed by atoms with E-state index in [1.165, 1.54) is 11.9 Å². The molecule has 0 aliphatic heterocycles. The molecular weight excluding hydrogens is 558 g/mol. The average molecular weight is 592 g/mol. The van der Waals surface area contributed by atoms with Crippen molar-refractivity contribution in [2.24, 2.45) is 0 Å². The average Bonchev–Trinajstić information content (AvgIpc) is 2.98. The second kappa shape index (κ2) is 13.8. The zero-order chi connectivity index (χ0) is 29.4. The lowest BCUT2D eigenvalue weighted by atomic mass is 10.0. The van der Waals surface area contributed by atoms with Crippen molar-refractivity contribution in [2.45, 2.75) is 37.2 Å². The minimum absolute atomic E-state index is 0.0947. The van der Waals surface area contributed by atoms with Gasteiger partial charge in [-0.1, -0.05) is 91.3 Å². The second-order valence-corrected chi connectivity index (χ2v) is 12.4. The fraction of sp³-hybridized carbons (Fsp3) is 0.250. The molecule has 7 nitrogen and oxygen atoms in total. The molecule has 0 radical (unpaired) electrons. The van der Waals surface area contributed by atoms with Crippen LogP contribution in [0.3, 0.4) is 0 Å². The number of rotatable bonds is 12. The zero-order valence-electron chi connectivity index (χ0n) is 23.2. The number of hydrogen-bond donors (Lipinski definition) is 1. The summed E-state index contributed by atoms with van der Waals surface area (Å²) in [5.41, 5.74) is 1.65. The lowest BCUT2D eigenvalue weighted by Crippen LogP contribution is -2.53. The maximum absolute atomic E-state index is 13.9. The first-order valence-corrected chi connectivity index (χ1v) is 15.3. The van der Waals surface area contributed by atoms with Gasteiger partial charge in [0.2, 0.25) is 21.8 Å². The minimum Gasteiger partial charge on any atom is -0.354 e. The summed E-state index contributed by atoms with van der Waals surface area (Å²) in [7, 11) is -2.61. The number of nitrogens with zero attached hydrogens (tertiary/aromatic N) is 2. The first-order valence-electron chi connectivity index (χ1n) is 13.5. The van der Waals surface area contributed by atoms with E-state index in [1.54, 1.807) is 42.5 Å². The third kappa shape index (κ3) is 7.73. The predicted octanol–water partition coefficient (Wildman–Crippen LogP) is 5.28. The fourth-order valence-electron chi connectivity index (χ4n) is 4.58. The van der Waals surface area contributed by atoms with Gasteiger partial charge in [-0.3, -0.25) is 9.59 Å². The molecule has 0 heterocycles. The zero-order valence-corrected chi connectivity index (χ0v) is 24.7. The number of amides is 2. The van der Waals surface area contributed by atoms with Gasteiger partial charge < -0.3 is 10.2 Å². The Morgan fingerprint density at radius 2 is 1.51 bits per heavy atom. The van der Waals surface area contributed by atoms with Crippen molar-refractivity contribution in [3.05, 3.63) is 113 Å². The highest BCUT2D eigenvalue weighted by Crippen LogP contribution is 2.22. The molecule has 0 fully saturated rings. The summed E-state index contributed by atoms with van der Waals surface area (Å²) >= 11 is 6.08. The van der Waals surface area contributed by atoms with Crippen LogP contribution in [0.1, 0.15) is 24.5 Å². The van der Waals surface area contributed by atoms with Crippen molar-refractivity contribution >= 4 is 44.2 Å². The number of carbonyl (C=O) groups excluding carboxylic acids is 2. The molecule has 0 bridgehead atoms. The molecule has 2 amide bonds. The number of sulfonamides is 1. The highest BCUT2D eigenvalue weighted by atomic mass is 35.5. The smallest absolute Gasteiger partial charge is 0.243 e. The quantitative estimate of drug-likeness (QED) is 0.243. The lowest BCUT2D eigenvalue weighted by Gasteiger charge is -2.32. The van der Waals surface area contributed by atoms with Crippen LogP contribution in [0, 0.1) is 0 Å². The van der Waals surface area contributed by atoms with Crippen LogP contribution in [0.4, 0.5) is 0 Å². The number of halogens is 1. The predicted molar refractivity (Wildman–Crippen MR) is 163 cm³/mol. The first-order chi connectivity index (χ1) is 19.7. The van der Waals surface area contributed by atoms with Gasteiger partial charge in [0, 0.05) is 31.6 Å². The molecule has 214 valence electrons. The molecule has 0 aliphatic carbocycles. The van der Waals surface area contributed by atoms with E-state index in [9.17, 15) is 18.0 Å². The Bertz CT molecular complexity index is 1590. The summed E-state index contributed by atoms with van der Waals surface area (Å²) in [6.45, 7) is 2.09. The number of hydrogen-bond acceptors (Lipinski definition) is 4. The molecule has 0 aromatic heterocycles. The monoisotopic (exact) mass is 591 g/mol. The van der Waals surface area contributed by atoms with Gasteiger partial charge in [0.1, 0.15) is 6.04 Å². The van der Waals surface area contributed by atoms with Crippen molar-refractivity contribution < 1.29 is 18.0 Å². The van der Waals surface area contributed by atoms with Crippen molar-refractivity contribution in [2.75, 3.05) is 20.1 Å². The largest absolute Gasteiger partial charge is 0.354 e. The molecule has 0 saturated heterocycles. The van der Waals surface area contributed by atoms with Gasteiger partial charge in [-0.25, -0.2) is 8.42 Å². The molecule has 1 atom stereocenters. The second-order valence-electron chi connectivity index (χ2n) is 9.91. The molecule has 41 heavy (non-hydrogen) atoms. The van der Waals surface area contributed by atoms with Crippen molar-refractivity contribution in [3.63, 3.8) is 0 Å². The summed E-state index contributed by atoms with van der Waals surface area (Å²) in [5.74, 6) is -0.780. The molecule has 4 aromatic rings. The number of benzene rings is 4. The number of fused-ring (bicyclic) bond motifs is 1. The summed E-state index contributed by atoms with van der Waals surface area (Å²) < 4.78 is 28.1. The van der Waals surface area contributed by atoms with Crippen LogP contribution in [0.2, 0.25) is 5.02 Å². The maximum Gasteiger partial charge on any atom is 0.243 e. The van der Waals surface area contributed by atoms with Gasteiger partial charge in [0.05, 0.1) is 11.4 Å². The summed E-state index contributed by atoms with van der Waals surface area (Å²) in [6, 6.07) is 28.0. The van der Waals surface area contributed by atoms with Crippen LogP contribution in [0.5, 0.6) is 0 Å². The van der Waals surface area contributed by atoms with Crippen LogP contribution < -0.4 is 5.32 Å². The van der Waals surface area contributed by atoms with Crippen molar-refractivity contribution in [1.29, 1.82) is 0 Å². The van der Waals surface area contributed by atoms with Crippen LogP contribution in [0.25, 0.3) is 10.8 Å². The van der Waals surface area contributed by atoms with E-state index in [0.717, 1.165) is 32.6 Å². The van der Waals surface area contributed by atoms with E-state index in [1.807, 2.05) is 61.5 Å². The highest BCUT2D eigenvalue weighted by Gasteiger charge is 2.33. The molecule has 1 N–H and O–H groups in total. The van der Waals surface area contributed by atoms with Crippen molar-refractivity contribution in [3.8, 4) is 0 Å². The Balaban J connectivity index is 1.65. The molecule has 4 aromatic carbocycles.